The molecule has 0 saturated heterocycles. The van der Waals surface area contributed by atoms with Crippen LogP contribution in [0, 0.1) is 0 Å². The molecule has 2 nitrogen and oxygen atoms in total. The van der Waals surface area contributed by atoms with Crippen LogP contribution in [-0.4, -0.2) is 24.5 Å². The van der Waals surface area contributed by atoms with Crippen LogP contribution < -0.4 is 5.73 Å². The van der Waals surface area contributed by atoms with Crippen LogP contribution in [0.1, 0.15) is 62.6 Å². The second-order valence-electron chi connectivity index (χ2n) is 6.05. The normalized spacial score (nSPS) is 26.5. The van der Waals surface area contributed by atoms with Crippen LogP contribution in [0.2, 0.25) is 0 Å². The summed E-state index contributed by atoms with van der Waals surface area (Å²) in [5, 5.41) is 0. The fraction of sp³-hybridized carbons (Fsp3) is 0.647. The van der Waals surface area contributed by atoms with Crippen LogP contribution in [0.5, 0.6) is 0 Å². The molecule has 3 unspecified atom stereocenters. The van der Waals surface area contributed by atoms with Gasteiger partial charge in [0, 0.05) is 12.1 Å². The van der Waals surface area contributed by atoms with Crippen molar-refractivity contribution >= 4 is 0 Å². The van der Waals surface area contributed by atoms with E-state index < -0.39 is 0 Å². The highest BCUT2D eigenvalue weighted by Crippen LogP contribution is 2.38. The van der Waals surface area contributed by atoms with Gasteiger partial charge in [0.1, 0.15) is 0 Å². The number of unbranched alkanes of at least 4 members (excludes halogenated alkanes) is 2. The number of likely N-dealkylation sites (N-methyl/N-ethyl adjacent to an activating group) is 1. The summed E-state index contributed by atoms with van der Waals surface area (Å²) in [6.45, 7) is 5.75. The average Bonchev–Trinajstić information content (AvgIpc) is 2.43. The van der Waals surface area contributed by atoms with Crippen LogP contribution >= 0.6 is 0 Å². The van der Waals surface area contributed by atoms with Crippen molar-refractivity contribution in [3.05, 3.63) is 35.4 Å². The number of rotatable bonds is 5. The molecule has 0 aromatic heterocycles. The van der Waals surface area contributed by atoms with Crippen molar-refractivity contribution in [2.45, 2.75) is 57.5 Å². The van der Waals surface area contributed by atoms with Crippen molar-refractivity contribution in [3.8, 4) is 0 Å². The third-order valence-electron chi connectivity index (χ3n) is 4.58. The molecule has 0 spiro atoms. The Labute approximate surface area is 118 Å². The lowest BCUT2D eigenvalue weighted by molar-refractivity contribution is 0.179. The topological polar surface area (TPSA) is 29.3 Å². The third-order valence-corrected chi connectivity index (χ3v) is 4.58. The number of fused-ring (bicyclic) bond motifs is 1. The lowest BCUT2D eigenvalue weighted by atomic mass is 9.78. The lowest BCUT2D eigenvalue weighted by Gasteiger charge is -2.40. The van der Waals surface area contributed by atoms with E-state index in [0.717, 1.165) is 0 Å². The van der Waals surface area contributed by atoms with Gasteiger partial charge in [-0.3, -0.25) is 0 Å². The molecule has 1 aromatic carbocycles. The maximum atomic E-state index is 6.52. The summed E-state index contributed by atoms with van der Waals surface area (Å²) in [6.07, 6.45) is 5.06. The molecule has 0 heterocycles. The summed E-state index contributed by atoms with van der Waals surface area (Å²) in [5.74, 6) is 0.620. The Balaban J connectivity index is 2.08. The lowest BCUT2D eigenvalue weighted by Crippen LogP contribution is -2.44. The smallest absolute Gasteiger partial charge is 0.0456 e. The van der Waals surface area contributed by atoms with Crippen LogP contribution in [0.4, 0.5) is 0 Å². The fourth-order valence-corrected chi connectivity index (χ4v) is 3.34. The Bertz CT molecular complexity index is 402. The molecule has 106 valence electrons. The number of benzene rings is 1. The van der Waals surface area contributed by atoms with Gasteiger partial charge in [-0.05, 0) is 43.5 Å². The predicted octanol–water partition coefficient (Wildman–Crippen LogP) is 3.68. The number of nitrogens with two attached hydrogens (primary N) is 1. The van der Waals surface area contributed by atoms with Crippen LogP contribution in [0.15, 0.2) is 24.3 Å². The summed E-state index contributed by atoms with van der Waals surface area (Å²) in [6, 6.07) is 9.36. The zero-order chi connectivity index (χ0) is 13.8. The molecule has 2 N–H and O–H groups in total. The quantitative estimate of drug-likeness (QED) is 0.818. The first-order valence-corrected chi connectivity index (χ1v) is 7.69. The number of nitrogens with zero attached hydrogens (tertiary/aromatic N) is 1. The second-order valence-corrected chi connectivity index (χ2v) is 6.05. The van der Waals surface area contributed by atoms with E-state index in [1.807, 2.05) is 0 Å². The second kappa shape index (κ2) is 6.53. The van der Waals surface area contributed by atoms with Crippen LogP contribution in [0.25, 0.3) is 0 Å². The van der Waals surface area contributed by atoms with Crippen LogP contribution in [0.3, 0.4) is 0 Å². The zero-order valence-electron chi connectivity index (χ0n) is 12.6. The van der Waals surface area contributed by atoms with E-state index in [1.54, 1.807) is 0 Å². The average molecular weight is 260 g/mol. The largest absolute Gasteiger partial charge is 0.323 e. The molecule has 2 heteroatoms. The molecule has 2 rings (SSSR count). The minimum Gasteiger partial charge on any atom is -0.323 e. The Morgan fingerprint density at radius 1 is 1.21 bits per heavy atom. The van der Waals surface area contributed by atoms with Crippen molar-refractivity contribution in [1.29, 1.82) is 0 Å². The van der Waals surface area contributed by atoms with Crippen molar-refractivity contribution in [2.75, 3.05) is 13.6 Å². The van der Waals surface area contributed by atoms with E-state index in [0.29, 0.717) is 12.0 Å². The van der Waals surface area contributed by atoms with Gasteiger partial charge in [0.15, 0.2) is 0 Å². The van der Waals surface area contributed by atoms with Gasteiger partial charge in [0.2, 0.25) is 0 Å². The highest BCUT2D eigenvalue weighted by atomic mass is 15.1. The molecule has 19 heavy (non-hydrogen) atoms. The molecule has 0 bridgehead atoms. The Kier molecular flexibility index (Phi) is 5.00. The molecule has 3 atom stereocenters. The van der Waals surface area contributed by atoms with Crippen molar-refractivity contribution < 1.29 is 0 Å². The Morgan fingerprint density at radius 2 is 1.89 bits per heavy atom. The summed E-state index contributed by atoms with van der Waals surface area (Å²) in [4.78, 5) is 2.48. The van der Waals surface area contributed by atoms with Crippen LogP contribution in [-0.2, 0) is 0 Å². The SMILES string of the molecule is CCCCCN(C)C1CC(C)c2ccccc2C1N. The maximum Gasteiger partial charge on any atom is 0.0456 e. The zero-order valence-corrected chi connectivity index (χ0v) is 12.6. The molecule has 1 aromatic rings. The van der Waals surface area contributed by atoms with Gasteiger partial charge in [-0.2, -0.15) is 0 Å². The molecule has 1 aliphatic carbocycles. The predicted molar refractivity (Wildman–Crippen MR) is 82.3 cm³/mol. The van der Waals surface area contributed by atoms with E-state index in [9.17, 15) is 0 Å². The van der Waals surface area contributed by atoms with Crippen molar-refractivity contribution in [1.82, 2.24) is 4.90 Å². The van der Waals surface area contributed by atoms with E-state index in [2.05, 4.69) is 50.1 Å². The standard InChI is InChI=1S/C17H28N2/c1-4-5-8-11-19(3)16-12-13(2)14-9-6-7-10-15(14)17(16)18/h6-7,9-10,13,16-17H,4-5,8,11-12,18H2,1-3H3. The molecule has 0 saturated carbocycles. The maximum absolute atomic E-state index is 6.52. The van der Waals surface area contributed by atoms with Crippen molar-refractivity contribution in [2.24, 2.45) is 5.73 Å². The Hall–Kier alpha value is -0.860. The highest BCUT2D eigenvalue weighted by molar-refractivity contribution is 5.36. The summed E-state index contributed by atoms with van der Waals surface area (Å²) in [7, 11) is 2.24. The van der Waals surface area contributed by atoms with E-state index in [-0.39, 0.29) is 6.04 Å². The first-order chi connectivity index (χ1) is 9.15. The van der Waals surface area contributed by atoms with Gasteiger partial charge < -0.3 is 10.6 Å². The molecule has 0 aliphatic heterocycles. The van der Waals surface area contributed by atoms with Gasteiger partial charge in [0.25, 0.3) is 0 Å². The Morgan fingerprint density at radius 3 is 2.58 bits per heavy atom. The molecular formula is C17H28N2. The molecular weight excluding hydrogens is 232 g/mol. The van der Waals surface area contributed by atoms with E-state index in [1.165, 1.54) is 43.4 Å². The fourth-order valence-electron chi connectivity index (χ4n) is 3.34. The summed E-state index contributed by atoms with van der Waals surface area (Å²) in [5.41, 5.74) is 9.32. The van der Waals surface area contributed by atoms with Gasteiger partial charge in [-0.1, -0.05) is 51.0 Å². The summed E-state index contributed by atoms with van der Waals surface area (Å²) >= 11 is 0. The number of hydrogen-bond donors (Lipinski definition) is 1. The van der Waals surface area contributed by atoms with Gasteiger partial charge in [0.05, 0.1) is 0 Å². The first kappa shape index (κ1) is 14.5. The molecule has 1 aliphatic rings. The highest BCUT2D eigenvalue weighted by Gasteiger charge is 2.32. The van der Waals surface area contributed by atoms with Crippen molar-refractivity contribution in [3.63, 3.8) is 0 Å². The van der Waals surface area contributed by atoms with Gasteiger partial charge in [-0.25, -0.2) is 0 Å². The third kappa shape index (κ3) is 3.18. The van der Waals surface area contributed by atoms with E-state index >= 15 is 0 Å². The first-order valence-electron chi connectivity index (χ1n) is 7.69. The van der Waals surface area contributed by atoms with E-state index in [4.69, 9.17) is 5.73 Å². The van der Waals surface area contributed by atoms with Gasteiger partial charge in [-0.15, -0.1) is 0 Å². The van der Waals surface area contributed by atoms with Gasteiger partial charge >= 0.3 is 0 Å². The minimum absolute atomic E-state index is 0.166. The summed E-state index contributed by atoms with van der Waals surface area (Å²) < 4.78 is 0. The molecule has 0 radical (unpaired) electrons. The monoisotopic (exact) mass is 260 g/mol. The molecule has 0 fully saturated rings. The number of hydrogen-bond acceptors (Lipinski definition) is 2. The minimum atomic E-state index is 0.166. The molecule has 0 amide bonds.